The van der Waals surface area contributed by atoms with Crippen molar-refractivity contribution in [1.82, 2.24) is 10.2 Å². The SMILES string of the molecule is CN1C[C@H](NC(=O)COc2ccc([N+](=O)[O-])cc2)[C@H](c2ccccc2)C1. The topological polar surface area (TPSA) is 84.7 Å². The molecule has 2 atom stereocenters. The number of nitrogens with zero attached hydrogens (tertiary/aromatic N) is 2. The van der Waals surface area contributed by atoms with E-state index in [2.05, 4.69) is 22.3 Å². The Kier molecular flexibility index (Phi) is 5.48. The zero-order chi connectivity index (χ0) is 18.5. The number of nitro benzene ring substituents is 1. The third-order valence-electron chi connectivity index (χ3n) is 4.49. The van der Waals surface area contributed by atoms with Crippen LogP contribution in [-0.4, -0.2) is 48.5 Å². The summed E-state index contributed by atoms with van der Waals surface area (Å²) >= 11 is 0. The lowest BCUT2D eigenvalue weighted by atomic mass is 9.94. The number of likely N-dealkylation sites (tertiary alicyclic amines) is 1. The Morgan fingerprint density at radius 1 is 1.19 bits per heavy atom. The van der Waals surface area contributed by atoms with Crippen molar-refractivity contribution in [3.8, 4) is 5.75 Å². The lowest BCUT2D eigenvalue weighted by molar-refractivity contribution is -0.384. The molecule has 0 bridgehead atoms. The lowest BCUT2D eigenvalue weighted by Gasteiger charge is -2.20. The van der Waals surface area contributed by atoms with E-state index in [1.54, 1.807) is 0 Å². The van der Waals surface area contributed by atoms with Gasteiger partial charge in [-0.25, -0.2) is 0 Å². The summed E-state index contributed by atoms with van der Waals surface area (Å²) < 4.78 is 5.43. The van der Waals surface area contributed by atoms with E-state index in [-0.39, 0.29) is 30.2 Å². The van der Waals surface area contributed by atoms with Gasteiger partial charge in [0.05, 0.1) is 4.92 Å². The van der Waals surface area contributed by atoms with E-state index in [4.69, 9.17) is 4.74 Å². The Hall–Kier alpha value is -2.93. The first-order chi connectivity index (χ1) is 12.5. The fourth-order valence-electron chi connectivity index (χ4n) is 3.25. The number of non-ortho nitro benzene ring substituents is 1. The molecule has 1 amide bonds. The fourth-order valence-corrected chi connectivity index (χ4v) is 3.25. The first-order valence-electron chi connectivity index (χ1n) is 8.43. The summed E-state index contributed by atoms with van der Waals surface area (Å²) in [6.45, 7) is 1.54. The van der Waals surface area contributed by atoms with Crippen molar-refractivity contribution in [2.75, 3.05) is 26.7 Å². The number of carbonyl (C=O) groups is 1. The van der Waals surface area contributed by atoms with Crippen LogP contribution in [0, 0.1) is 10.1 Å². The average Bonchev–Trinajstić information content (AvgIpc) is 3.01. The molecule has 2 aromatic rings. The van der Waals surface area contributed by atoms with Gasteiger partial charge in [-0.2, -0.15) is 0 Å². The first-order valence-corrected chi connectivity index (χ1v) is 8.43. The highest BCUT2D eigenvalue weighted by molar-refractivity contribution is 5.78. The fraction of sp³-hybridized carbons (Fsp3) is 0.316. The maximum atomic E-state index is 12.3. The van der Waals surface area contributed by atoms with Crippen molar-refractivity contribution >= 4 is 11.6 Å². The van der Waals surface area contributed by atoms with Gasteiger partial charge in [-0.15, -0.1) is 0 Å². The molecule has 1 aliphatic rings. The summed E-state index contributed by atoms with van der Waals surface area (Å²) in [7, 11) is 2.04. The quantitative estimate of drug-likeness (QED) is 0.634. The molecule has 1 heterocycles. The number of hydrogen-bond acceptors (Lipinski definition) is 5. The van der Waals surface area contributed by atoms with Gasteiger partial charge in [0.15, 0.2) is 6.61 Å². The zero-order valence-corrected chi connectivity index (χ0v) is 14.5. The van der Waals surface area contributed by atoms with Crippen LogP contribution in [0.15, 0.2) is 54.6 Å². The van der Waals surface area contributed by atoms with Crippen molar-refractivity contribution in [3.05, 3.63) is 70.3 Å². The Balaban J connectivity index is 1.56. The summed E-state index contributed by atoms with van der Waals surface area (Å²) in [5.41, 5.74) is 1.19. The summed E-state index contributed by atoms with van der Waals surface area (Å²) in [5.74, 6) is 0.461. The summed E-state index contributed by atoms with van der Waals surface area (Å²) in [6, 6.07) is 15.9. The van der Waals surface area contributed by atoms with E-state index in [9.17, 15) is 14.9 Å². The van der Waals surface area contributed by atoms with Gasteiger partial charge < -0.3 is 15.0 Å². The van der Waals surface area contributed by atoms with Crippen LogP contribution in [0.5, 0.6) is 5.75 Å². The van der Waals surface area contributed by atoms with E-state index in [0.717, 1.165) is 13.1 Å². The van der Waals surface area contributed by atoms with Gasteiger partial charge in [0.25, 0.3) is 11.6 Å². The molecule has 0 radical (unpaired) electrons. The number of carbonyl (C=O) groups excluding carboxylic acids is 1. The van der Waals surface area contributed by atoms with Crippen molar-refractivity contribution in [1.29, 1.82) is 0 Å². The van der Waals surface area contributed by atoms with Gasteiger partial charge in [0, 0.05) is 37.2 Å². The number of likely N-dealkylation sites (N-methyl/N-ethyl adjacent to an activating group) is 1. The minimum absolute atomic E-state index is 0.0125. The molecule has 7 nitrogen and oxygen atoms in total. The van der Waals surface area contributed by atoms with Crippen molar-refractivity contribution in [3.63, 3.8) is 0 Å². The molecule has 26 heavy (non-hydrogen) atoms. The normalized spacial score (nSPS) is 19.9. The third kappa shape index (κ3) is 4.37. The summed E-state index contributed by atoms with van der Waals surface area (Å²) in [4.78, 5) is 24.6. The minimum atomic E-state index is -0.475. The molecule has 0 spiro atoms. The van der Waals surface area contributed by atoms with E-state index < -0.39 is 4.92 Å². The van der Waals surface area contributed by atoms with Crippen molar-refractivity contribution in [2.45, 2.75) is 12.0 Å². The van der Waals surface area contributed by atoms with Gasteiger partial charge in [-0.1, -0.05) is 30.3 Å². The van der Waals surface area contributed by atoms with Crippen LogP contribution in [0.2, 0.25) is 0 Å². The maximum absolute atomic E-state index is 12.3. The van der Waals surface area contributed by atoms with Gasteiger partial charge >= 0.3 is 0 Å². The second-order valence-corrected chi connectivity index (χ2v) is 6.45. The predicted octanol–water partition coefficient (Wildman–Crippen LogP) is 2.19. The molecule has 0 saturated carbocycles. The smallest absolute Gasteiger partial charge is 0.269 e. The second kappa shape index (κ2) is 7.97. The highest BCUT2D eigenvalue weighted by Crippen LogP contribution is 2.26. The molecule has 3 rings (SSSR count). The van der Waals surface area contributed by atoms with Crippen LogP contribution in [-0.2, 0) is 4.79 Å². The Morgan fingerprint density at radius 2 is 1.88 bits per heavy atom. The molecule has 2 aromatic carbocycles. The Labute approximate surface area is 151 Å². The first kappa shape index (κ1) is 17.9. The summed E-state index contributed by atoms with van der Waals surface area (Å²) in [5, 5.41) is 13.7. The van der Waals surface area contributed by atoms with Crippen molar-refractivity contribution < 1.29 is 14.5 Å². The van der Waals surface area contributed by atoms with Crippen LogP contribution in [0.3, 0.4) is 0 Å². The molecule has 7 heteroatoms. The van der Waals surface area contributed by atoms with Crippen molar-refractivity contribution in [2.24, 2.45) is 0 Å². The Morgan fingerprint density at radius 3 is 2.54 bits per heavy atom. The number of hydrogen-bond donors (Lipinski definition) is 1. The highest BCUT2D eigenvalue weighted by Gasteiger charge is 2.32. The van der Waals surface area contributed by atoms with Gasteiger partial charge in [0.2, 0.25) is 0 Å². The number of amides is 1. The molecule has 136 valence electrons. The molecule has 0 aliphatic carbocycles. The standard InChI is InChI=1S/C19H21N3O4/c1-21-11-17(14-5-3-2-4-6-14)18(12-21)20-19(23)13-26-16-9-7-15(8-10-16)22(24)25/h2-10,17-18H,11-13H2,1H3,(H,20,23)/t17-,18-/m0/s1. The van der Waals surface area contributed by atoms with E-state index in [1.165, 1.54) is 29.8 Å². The van der Waals surface area contributed by atoms with Crippen LogP contribution in [0.1, 0.15) is 11.5 Å². The number of nitro groups is 1. The van der Waals surface area contributed by atoms with Gasteiger partial charge in [-0.05, 0) is 24.7 Å². The number of nitrogens with one attached hydrogen (secondary N) is 1. The summed E-state index contributed by atoms with van der Waals surface area (Å²) in [6.07, 6.45) is 0. The van der Waals surface area contributed by atoms with E-state index in [0.29, 0.717) is 5.75 Å². The largest absolute Gasteiger partial charge is 0.484 e. The number of benzene rings is 2. The molecular formula is C19H21N3O4. The van der Waals surface area contributed by atoms with Crippen LogP contribution < -0.4 is 10.1 Å². The maximum Gasteiger partial charge on any atom is 0.269 e. The second-order valence-electron chi connectivity index (χ2n) is 6.45. The number of rotatable bonds is 6. The molecular weight excluding hydrogens is 334 g/mol. The molecule has 1 N–H and O–H groups in total. The minimum Gasteiger partial charge on any atom is -0.484 e. The highest BCUT2D eigenvalue weighted by atomic mass is 16.6. The van der Waals surface area contributed by atoms with Crippen LogP contribution in [0.4, 0.5) is 5.69 Å². The lowest BCUT2D eigenvalue weighted by Crippen LogP contribution is -2.41. The van der Waals surface area contributed by atoms with Gasteiger partial charge in [-0.3, -0.25) is 14.9 Å². The molecule has 0 aromatic heterocycles. The number of ether oxygens (including phenoxy) is 1. The van der Waals surface area contributed by atoms with Crippen LogP contribution in [0.25, 0.3) is 0 Å². The molecule has 1 aliphatic heterocycles. The third-order valence-corrected chi connectivity index (χ3v) is 4.49. The monoisotopic (exact) mass is 355 g/mol. The molecule has 0 unspecified atom stereocenters. The predicted molar refractivity (Wildman–Crippen MR) is 97.2 cm³/mol. The Bertz CT molecular complexity index is 764. The van der Waals surface area contributed by atoms with Gasteiger partial charge in [0.1, 0.15) is 5.75 Å². The van der Waals surface area contributed by atoms with Crippen LogP contribution >= 0.6 is 0 Å². The van der Waals surface area contributed by atoms with E-state index in [1.807, 2.05) is 25.2 Å². The molecule has 1 fully saturated rings. The average molecular weight is 355 g/mol. The van der Waals surface area contributed by atoms with E-state index >= 15 is 0 Å². The zero-order valence-electron chi connectivity index (χ0n) is 14.5. The molecule has 1 saturated heterocycles.